The molecule has 0 heterocycles. The van der Waals surface area contributed by atoms with Crippen LogP contribution in [0.2, 0.25) is 0 Å². The number of methoxy groups -OCH3 is 2. The molecule has 1 N–H and O–H groups in total. The summed E-state index contributed by atoms with van der Waals surface area (Å²) >= 11 is 0. The van der Waals surface area contributed by atoms with Gasteiger partial charge in [0.15, 0.2) is 11.5 Å². The summed E-state index contributed by atoms with van der Waals surface area (Å²) in [6.07, 6.45) is -1.30. The third-order valence-corrected chi connectivity index (χ3v) is 3.25. The topological polar surface area (TPSA) is 38.7 Å². The molecule has 0 amide bonds. The number of hydrogen-bond acceptors (Lipinski definition) is 3. The van der Waals surface area contributed by atoms with Gasteiger partial charge in [0, 0.05) is 17.5 Å². The van der Waals surface area contributed by atoms with Crippen molar-refractivity contribution in [3.05, 3.63) is 59.2 Å². The fourth-order valence-electron chi connectivity index (χ4n) is 2.21. The molecular weight excluding hydrogens is 278 g/mol. The summed E-state index contributed by atoms with van der Waals surface area (Å²) in [5.41, 5.74) is 0.259. The number of rotatable bonds is 5. The van der Waals surface area contributed by atoms with Crippen molar-refractivity contribution in [1.82, 2.24) is 0 Å². The van der Waals surface area contributed by atoms with Gasteiger partial charge in [-0.2, -0.15) is 0 Å². The second-order valence-corrected chi connectivity index (χ2v) is 4.50. The van der Waals surface area contributed by atoms with E-state index in [1.54, 1.807) is 18.2 Å². The van der Waals surface area contributed by atoms with Gasteiger partial charge in [-0.1, -0.05) is 18.2 Å². The van der Waals surface area contributed by atoms with Crippen LogP contribution in [0.3, 0.4) is 0 Å². The summed E-state index contributed by atoms with van der Waals surface area (Å²) in [4.78, 5) is 0. The SMILES string of the molecule is COc1cccc(C(O)Cc2c(F)cccc2F)c1OC. The standard InChI is InChI=1S/C16H16F2O3/c1-20-15-8-3-5-10(16(15)21-2)14(19)9-11-12(17)6-4-7-13(11)18/h3-8,14,19H,9H2,1-2H3. The number of ether oxygens (including phenoxy) is 2. The highest BCUT2D eigenvalue weighted by molar-refractivity contribution is 5.48. The number of aliphatic hydroxyl groups excluding tert-OH is 1. The van der Waals surface area contributed by atoms with E-state index in [0.29, 0.717) is 17.1 Å². The summed E-state index contributed by atoms with van der Waals surface area (Å²) in [5, 5.41) is 10.3. The van der Waals surface area contributed by atoms with Crippen molar-refractivity contribution in [2.45, 2.75) is 12.5 Å². The van der Waals surface area contributed by atoms with Crippen molar-refractivity contribution in [2.75, 3.05) is 14.2 Å². The molecule has 2 aromatic carbocycles. The van der Waals surface area contributed by atoms with Crippen LogP contribution in [0.5, 0.6) is 11.5 Å². The van der Waals surface area contributed by atoms with Gasteiger partial charge in [-0.15, -0.1) is 0 Å². The Hall–Kier alpha value is -2.14. The molecule has 0 fully saturated rings. The molecule has 112 valence electrons. The van der Waals surface area contributed by atoms with E-state index < -0.39 is 17.7 Å². The lowest BCUT2D eigenvalue weighted by molar-refractivity contribution is 0.170. The first kappa shape index (κ1) is 15.3. The van der Waals surface area contributed by atoms with Gasteiger partial charge in [-0.05, 0) is 18.2 Å². The molecule has 0 saturated carbocycles. The van der Waals surface area contributed by atoms with Crippen LogP contribution >= 0.6 is 0 Å². The zero-order chi connectivity index (χ0) is 15.4. The maximum absolute atomic E-state index is 13.6. The molecule has 0 aliphatic rings. The second kappa shape index (κ2) is 6.54. The quantitative estimate of drug-likeness (QED) is 0.920. The van der Waals surface area contributed by atoms with Crippen molar-refractivity contribution in [1.29, 1.82) is 0 Å². The molecule has 1 unspecified atom stereocenters. The molecule has 0 saturated heterocycles. The van der Waals surface area contributed by atoms with Gasteiger partial charge in [0.05, 0.1) is 20.3 Å². The average Bonchev–Trinajstić information content (AvgIpc) is 2.49. The van der Waals surface area contributed by atoms with Crippen molar-refractivity contribution < 1.29 is 23.4 Å². The molecule has 21 heavy (non-hydrogen) atoms. The van der Waals surface area contributed by atoms with E-state index in [0.717, 1.165) is 12.1 Å². The lowest BCUT2D eigenvalue weighted by Gasteiger charge is -2.17. The van der Waals surface area contributed by atoms with Gasteiger partial charge in [0.1, 0.15) is 11.6 Å². The summed E-state index contributed by atoms with van der Waals surface area (Å²) < 4.78 is 37.6. The number of halogens is 2. The molecule has 0 bridgehead atoms. The van der Waals surface area contributed by atoms with Crippen molar-refractivity contribution in [3.63, 3.8) is 0 Å². The highest BCUT2D eigenvalue weighted by Crippen LogP contribution is 2.36. The Morgan fingerprint density at radius 3 is 2.19 bits per heavy atom. The van der Waals surface area contributed by atoms with Gasteiger partial charge in [-0.25, -0.2) is 8.78 Å². The highest BCUT2D eigenvalue weighted by Gasteiger charge is 2.20. The zero-order valence-electron chi connectivity index (χ0n) is 11.8. The molecule has 5 heteroatoms. The Balaban J connectivity index is 2.35. The van der Waals surface area contributed by atoms with Crippen LogP contribution in [0.4, 0.5) is 8.78 Å². The van der Waals surface area contributed by atoms with E-state index in [-0.39, 0.29) is 12.0 Å². The van der Waals surface area contributed by atoms with E-state index in [2.05, 4.69) is 0 Å². The Labute approximate surface area is 121 Å². The molecular formula is C16H16F2O3. The Morgan fingerprint density at radius 1 is 1.00 bits per heavy atom. The van der Waals surface area contributed by atoms with Crippen LogP contribution in [0.25, 0.3) is 0 Å². The van der Waals surface area contributed by atoms with Crippen LogP contribution in [0.15, 0.2) is 36.4 Å². The van der Waals surface area contributed by atoms with E-state index in [1.165, 1.54) is 20.3 Å². The maximum atomic E-state index is 13.6. The Morgan fingerprint density at radius 2 is 1.62 bits per heavy atom. The van der Waals surface area contributed by atoms with E-state index in [9.17, 15) is 13.9 Å². The first-order chi connectivity index (χ1) is 10.1. The number of benzene rings is 2. The number of aliphatic hydroxyl groups is 1. The predicted octanol–water partition coefficient (Wildman–Crippen LogP) is 3.26. The summed E-state index contributed by atoms with van der Waals surface area (Å²) in [5.74, 6) is -0.570. The zero-order valence-corrected chi connectivity index (χ0v) is 11.8. The predicted molar refractivity (Wildman–Crippen MR) is 74.6 cm³/mol. The third kappa shape index (κ3) is 3.13. The van der Waals surface area contributed by atoms with E-state index >= 15 is 0 Å². The first-order valence-electron chi connectivity index (χ1n) is 6.40. The van der Waals surface area contributed by atoms with Crippen LogP contribution in [-0.2, 0) is 6.42 Å². The second-order valence-electron chi connectivity index (χ2n) is 4.50. The summed E-state index contributed by atoms with van der Waals surface area (Å²) in [6.45, 7) is 0. The maximum Gasteiger partial charge on any atom is 0.166 e. The van der Waals surface area contributed by atoms with Crippen LogP contribution in [0.1, 0.15) is 17.2 Å². The molecule has 0 aliphatic carbocycles. The largest absolute Gasteiger partial charge is 0.493 e. The minimum absolute atomic E-state index is 0.158. The molecule has 0 radical (unpaired) electrons. The minimum Gasteiger partial charge on any atom is -0.493 e. The van der Waals surface area contributed by atoms with Crippen LogP contribution in [-0.4, -0.2) is 19.3 Å². The van der Waals surface area contributed by atoms with Gasteiger partial charge >= 0.3 is 0 Å². The molecule has 2 rings (SSSR count). The van der Waals surface area contributed by atoms with Gasteiger partial charge in [0.2, 0.25) is 0 Å². The highest BCUT2D eigenvalue weighted by atomic mass is 19.1. The molecule has 2 aromatic rings. The molecule has 0 spiro atoms. The third-order valence-electron chi connectivity index (χ3n) is 3.25. The average molecular weight is 294 g/mol. The van der Waals surface area contributed by atoms with E-state index in [1.807, 2.05) is 0 Å². The first-order valence-corrected chi connectivity index (χ1v) is 6.40. The summed E-state index contributed by atoms with van der Waals surface area (Å²) in [6, 6.07) is 8.59. The Bertz CT molecular complexity index is 609. The fraction of sp³-hybridized carbons (Fsp3) is 0.250. The number of hydrogen-bond donors (Lipinski definition) is 1. The lowest BCUT2D eigenvalue weighted by atomic mass is 9.99. The van der Waals surface area contributed by atoms with Gasteiger partial charge in [0.25, 0.3) is 0 Å². The molecule has 0 aliphatic heterocycles. The number of para-hydroxylation sites is 1. The lowest BCUT2D eigenvalue weighted by Crippen LogP contribution is -2.08. The van der Waals surface area contributed by atoms with Crippen LogP contribution < -0.4 is 9.47 Å². The van der Waals surface area contributed by atoms with Crippen molar-refractivity contribution in [3.8, 4) is 11.5 Å². The molecule has 1 atom stereocenters. The minimum atomic E-state index is -1.11. The summed E-state index contributed by atoms with van der Waals surface area (Å²) in [7, 11) is 2.92. The van der Waals surface area contributed by atoms with Gasteiger partial charge < -0.3 is 14.6 Å². The normalized spacial score (nSPS) is 12.0. The molecule has 0 aromatic heterocycles. The van der Waals surface area contributed by atoms with E-state index in [4.69, 9.17) is 9.47 Å². The van der Waals surface area contributed by atoms with Crippen molar-refractivity contribution >= 4 is 0 Å². The molecule has 3 nitrogen and oxygen atoms in total. The van der Waals surface area contributed by atoms with Crippen molar-refractivity contribution in [2.24, 2.45) is 0 Å². The smallest absolute Gasteiger partial charge is 0.166 e. The monoisotopic (exact) mass is 294 g/mol. The fourth-order valence-corrected chi connectivity index (χ4v) is 2.21. The van der Waals surface area contributed by atoms with Gasteiger partial charge in [-0.3, -0.25) is 0 Å². The Kier molecular flexibility index (Phi) is 4.75. The van der Waals surface area contributed by atoms with Crippen LogP contribution in [0, 0.1) is 11.6 Å².